The minimum absolute atomic E-state index is 0.0648. The van der Waals surface area contributed by atoms with E-state index in [1.807, 2.05) is 18.2 Å². The molecule has 7 nitrogen and oxygen atoms in total. The Morgan fingerprint density at radius 2 is 1.87 bits per heavy atom. The molecule has 160 valence electrons. The van der Waals surface area contributed by atoms with Crippen LogP contribution in [-0.4, -0.2) is 34.0 Å². The first-order valence-electron chi connectivity index (χ1n) is 10.3. The second-order valence-electron chi connectivity index (χ2n) is 7.70. The third kappa shape index (κ3) is 4.83. The molecule has 0 fully saturated rings. The van der Waals surface area contributed by atoms with Crippen LogP contribution < -0.4 is 15.6 Å². The highest BCUT2D eigenvalue weighted by Gasteiger charge is 2.23. The molecule has 0 bridgehead atoms. The first kappa shape index (κ1) is 20.8. The Bertz CT molecular complexity index is 1120. The lowest BCUT2D eigenvalue weighted by Crippen LogP contribution is -2.39. The molecule has 0 spiro atoms. The van der Waals surface area contributed by atoms with Crippen molar-refractivity contribution >= 4 is 11.6 Å². The second-order valence-corrected chi connectivity index (χ2v) is 7.70. The van der Waals surface area contributed by atoms with Crippen molar-refractivity contribution in [2.75, 3.05) is 19.0 Å². The molecule has 0 saturated heterocycles. The fourth-order valence-electron chi connectivity index (χ4n) is 3.88. The largest absolute Gasteiger partial charge is 0.497 e. The maximum atomic E-state index is 13.1. The van der Waals surface area contributed by atoms with Gasteiger partial charge in [-0.2, -0.15) is 0 Å². The number of nitrogens with zero attached hydrogens (tertiary/aromatic N) is 3. The Kier molecular flexibility index (Phi) is 6.13. The molecule has 2 heterocycles. The van der Waals surface area contributed by atoms with Gasteiger partial charge in [-0.3, -0.25) is 19.1 Å². The van der Waals surface area contributed by atoms with Gasteiger partial charge in [0.15, 0.2) is 0 Å². The number of aromatic nitrogens is 2. The molecule has 0 unspecified atom stereocenters. The Morgan fingerprint density at radius 3 is 2.58 bits per heavy atom. The first-order chi connectivity index (χ1) is 15.0. The van der Waals surface area contributed by atoms with Crippen LogP contribution in [0.2, 0.25) is 0 Å². The quantitative estimate of drug-likeness (QED) is 0.666. The summed E-state index contributed by atoms with van der Waals surface area (Å²) in [5.41, 5.74) is 3.31. The van der Waals surface area contributed by atoms with Crippen molar-refractivity contribution in [1.82, 2.24) is 14.5 Å². The number of hydrogen-bond donors (Lipinski definition) is 1. The SMILES string of the molecule is COc1ccc(NC(=O)Cn2c(C)nc3c(c2=O)CCN(Cc2ccccc2)C3)cc1. The van der Waals surface area contributed by atoms with Gasteiger partial charge in [0.2, 0.25) is 5.91 Å². The molecular formula is C24H26N4O3. The van der Waals surface area contributed by atoms with Crippen LogP contribution in [-0.2, 0) is 30.8 Å². The van der Waals surface area contributed by atoms with Crippen LogP contribution in [0.1, 0.15) is 22.6 Å². The number of methoxy groups -OCH3 is 1. The number of nitrogens with one attached hydrogen (secondary N) is 1. The number of ether oxygens (including phenoxy) is 1. The van der Waals surface area contributed by atoms with Crippen LogP contribution in [0.5, 0.6) is 5.75 Å². The maximum absolute atomic E-state index is 13.1. The molecule has 7 heteroatoms. The van der Waals surface area contributed by atoms with Crippen molar-refractivity contribution < 1.29 is 9.53 Å². The van der Waals surface area contributed by atoms with Gasteiger partial charge in [0, 0.05) is 30.9 Å². The number of carbonyl (C=O) groups is 1. The van der Waals surface area contributed by atoms with Crippen molar-refractivity contribution in [2.45, 2.75) is 33.0 Å². The lowest BCUT2D eigenvalue weighted by atomic mass is 10.1. The monoisotopic (exact) mass is 418 g/mol. The predicted molar refractivity (Wildman–Crippen MR) is 119 cm³/mol. The average Bonchev–Trinajstić information content (AvgIpc) is 2.78. The van der Waals surface area contributed by atoms with Crippen molar-refractivity contribution in [3.05, 3.63) is 87.6 Å². The minimum atomic E-state index is -0.265. The third-order valence-electron chi connectivity index (χ3n) is 5.51. The second kappa shape index (κ2) is 9.14. The van der Waals surface area contributed by atoms with E-state index in [-0.39, 0.29) is 18.0 Å². The molecule has 1 N–H and O–H groups in total. The topological polar surface area (TPSA) is 76.5 Å². The molecular weight excluding hydrogens is 392 g/mol. The van der Waals surface area contributed by atoms with Crippen LogP contribution in [0.25, 0.3) is 0 Å². The number of aryl methyl sites for hydroxylation is 1. The predicted octanol–water partition coefficient (Wildman–Crippen LogP) is 2.76. The summed E-state index contributed by atoms with van der Waals surface area (Å²) in [6.45, 7) is 3.97. The van der Waals surface area contributed by atoms with E-state index in [0.29, 0.717) is 35.8 Å². The molecule has 31 heavy (non-hydrogen) atoms. The van der Waals surface area contributed by atoms with E-state index in [2.05, 4.69) is 27.3 Å². The highest BCUT2D eigenvalue weighted by molar-refractivity contribution is 5.90. The van der Waals surface area contributed by atoms with E-state index in [4.69, 9.17) is 4.74 Å². The van der Waals surface area contributed by atoms with E-state index in [9.17, 15) is 9.59 Å². The number of rotatable bonds is 6. The first-order valence-corrected chi connectivity index (χ1v) is 10.3. The summed E-state index contributed by atoms with van der Waals surface area (Å²) >= 11 is 0. The van der Waals surface area contributed by atoms with Gasteiger partial charge in [-0.15, -0.1) is 0 Å². The standard InChI is InChI=1S/C24H26N4O3/c1-17-25-22-15-27(14-18-6-4-3-5-7-18)13-12-21(22)24(30)28(17)16-23(29)26-19-8-10-20(31-2)11-9-19/h3-11H,12-16H2,1-2H3,(H,26,29). The summed E-state index contributed by atoms with van der Waals surface area (Å²) in [5, 5.41) is 2.82. The number of amides is 1. The molecule has 3 aromatic rings. The molecule has 0 saturated carbocycles. The zero-order chi connectivity index (χ0) is 21.8. The Morgan fingerprint density at radius 1 is 1.13 bits per heavy atom. The zero-order valence-corrected chi connectivity index (χ0v) is 17.8. The van der Waals surface area contributed by atoms with Gasteiger partial charge >= 0.3 is 0 Å². The van der Waals surface area contributed by atoms with Gasteiger partial charge in [-0.1, -0.05) is 30.3 Å². The summed E-state index contributed by atoms with van der Waals surface area (Å²) in [6.07, 6.45) is 0.633. The van der Waals surface area contributed by atoms with Crippen molar-refractivity contribution in [3.8, 4) is 5.75 Å². The number of fused-ring (bicyclic) bond motifs is 1. The Hall–Kier alpha value is -3.45. The fraction of sp³-hybridized carbons (Fsp3) is 0.292. The molecule has 0 atom stereocenters. The van der Waals surface area contributed by atoms with Crippen LogP contribution in [0, 0.1) is 6.92 Å². The third-order valence-corrected chi connectivity index (χ3v) is 5.51. The van der Waals surface area contributed by atoms with Crippen LogP contribution >= 0.6 is 0 Å². The molecule has 0 radical (unpaired) electrons. The molecule has 1 aliphatic heterocycles. The summed E-state index contributed by atoms with van der Waals surface area (Å²) in [4.78, 5) is 32.6. The van der Waals surface area contributed by atoms with Gasteiger partial charge in [0.25, 0.3) is 5.56 Å². The van der Waals surface area contributed by atoms with Gasteiger partial charge in [0.05, 0.1) is 12.8 Å². The molecule has 2 aromatic carbocycles. The van der Waals surface area contributed by atoms with E-state index < -0.39 is 0 Å². The normalized spacial score (nSPS) is 13.5. The van der Waals surface area contributed by atoms with Gasteiger partial charge in [-0.05, 0) is 43.2 Å². The smallest absolute Gasteiger partial charge is 0.257 e. The number of carbonyl (C=O) groups excluding carboxylic acids is 1. The average molecular weight is 418 g/mol. The highest BCUT2D eigenvalue weighted by atomic mass is 16.5. The lowest BCUT2D eigenvalue weighted by molar-refractivity contribution is -0.116. The van der Waals surface area contributed by atoms with E-state index >= 15 is 0 Å². The van der Waals surface area contributed by atoms with Gasteiger partial charge < -0.3 is 10.1 Å². The highest BCUT2D eigenvalue weighted by Crippen LogP contribution is 2.18. The van der Waals surface area contributed by atoms with Crippen LogP contribution in [0.15, 0.2) is 59.4 Å². The Balaban J connectivity index is 1.46. The summed E-state index contributed by atoms with van der Waals surface area (Å²) in [7, 11) is 1.59. The number of hydrogen-bond acceptors (Lipinski definition) is 5. The van der Waals surface area contributed by atoms with E-state index in [0.717, 1.165) is 18.8 Å². The van der Waals surface area contributed by atoms with E-state index in [1.54, 1.807) is 38.3 Å². The minimum Gasteiger partial charge on any atom is -0.497 e. The molecule has 0 aliphatic carbocycles. The molecule has 1 aliphatic rings. The van der Waals surface area contributed by atoms with Crippen molar-refractivity contribution in [3.63, 3.8) is 0 Å². The summed E-state index contributed by atoms with van der Waals surface area (Å²) < 4.78 is 6.59. The zero-order valence-electron chi connectivity index (χ0n) is 17.8. The molecule has 1 amide bonds. The maximum Gasteiger partial charge on any atom is 0.257 e. The number of anilines is 1. The van der Waals surface area contributed by atoms with Gasteiger partial charge in [-0.25, -0.2) is 4.98 Å². The van der Waals surface area contributed by atoms with Crippen molar-refractivity contribution in [1.29, 1.82) is 0 Å². The molecule has 1 aromatic heterocycles. The van der Waals surface area contributed by atoms with E-state index in [1.165, 1.54) is 10.1 Å². The van der Waals surface area contributed by atoms with Crippen molar-refractivity contribution in [2.24, 2.45) is 0 Å². The fourth-order valence-corrected chi connectivity index (χ4v) is 3.88. The summed E-state index contributed by atoms with van der Waals surface area (Å²) in [6, 6.07) is 17.4. The van der Waals surface area contributed by atoms with Crippen LogP contribution in [0.4, 0.5) is 5.69 Å². The Labute approximate surface area is 181 Å². The number of benzene rings is 2. The lowest BCUT2D eigenvalue weighted by Gasteiger charge is -2.28. The summed E-state index contributed by atoms with van der Waals surface area (Å²) in [5.74, 6) is 0.999. The molecule has 4 rings (SSSR count). The van der Waals surface area contributed by atoms with Gasteiger partial charge in [0.1, 0.15) is 18.1 Å². The van der Waals surface area contributed by atoms with Crippen LogP contribution in [0.3, 0.4) is 0 Å².